The molecule has 25 heavy (non-hydrogen) atoms. The standard InChI is InChI=1S/C19H14N6/c1-13-11-16(9-10-21-13)22-19-23-18-4-2-3-17(25(18)24-19)15-7-5-14(12-20)6-8-15/h2-11H,1H3,(H,21,22,24). The Kier molecular flexibility index (Phi) is 3.60. The lowest BCUT2D eigenvalue weighted by atomic mass is 10.1. The zero-order valence-electron chi connectivity index (χ0n) is 13.5. The average Bonchev–Trinajstić information content (AvgIpc) is 3.04. The Bertz CT molecular complexity index is 1090. The molecule has 0 aliphatic carbocycles. The highest BCUT2D eigenvalue weighted by atomic mass is 15.4. The summed E-state index contributed by atoms with van der Waals surface area (Å²) in [5.74, 6) is 0.520. The van der Waals surface area contributed by atoms with Gasteiger partial charge in [-0.25, -0.2) is 4.52 Å². The fourth-order valence-electron chi connectivity index (χ4n) is 2.64. The van der Waals surface area contributed by atoms with Crippen molar-refractivity contribution in [1.82, 2.24) is 19.6 Å². The second kappa shape index (κ2) is 6.06. The van der Waals surface area contributed by atoms with Crippen molar-refractivity contribution in [3.05, 3.63) is 72.1 Å². The van der Waals surface area contributed by atoms with E-state index in [2.05, 4.69) is 26.5 Å². The van der Waals surface area contributed by atoms with Crippen LogP contribution in [0.3, 0.4) is 0 Å². The predicted molar refractivity (Wildman–Crippen MR) is 95.4 cm³/mol. The monoisotopic (exact) mass is 326 g/mol. The topological polar surface area (TPSA) is 78.9 Å². The number of anilines is 2. The molecule has 0 aliphatic heterocycles. The molecule has 0 unspecified atom stereocenters. The molecule has 0 amide bonds. The third kappa shape index (κ3) is 2.91. The highest BCUT2D eigenvalue weighted by Crippen LogP contribution is 2.22. The minimum Gasteiger partial charge on any atom is -0.323 e. The van der Waals surface area contributed by atoms with Gasteiger partial charge in [-0.2, -0.15) is 10.2 Å². The average molecular weight is 326 g/mol. The van der Waals surface area contributed by atoms with Crippen molar-refractivity contribution in [3.8, 4) is 17.3 Å². The highest BCUT2D eigenvalue weighted by molar-refractivity contribution is 5.65. The molecule has 0 spiro atoms. The van der Waals surface area contributed by atoms with Gasteiger partial charge >= 0.3 is 0 Å². The lowest BCUT2D eigenvalue weighted by Gasteiger charge is -2.04. The van der Waals surface area contributed by atoms with E-state index in [4.69, 9.17) is 5.26 Å². The van der Waals surface area contributed by atoms with Crippen molar-refractivity contribution in [3.63, 3.8) is 0 Å². The fourth-order valence-corrected chi connectivity index (χ4v) is 2.64. The summed E-state index contributed by atoms with van der Waals surface area (Å²) < 4.78 is 1.79. The molecule has 0 saturated carbocycles. The van der Waals surface area contributed by atoms with E-state index in [-0.39, 0.29) is 0 Å². The van der Waals surface area contributed by atoms with Crippen LogP contribution in [-0.2, 0) is 0 Å². The molecule has 6 nitrogen and oxygen atoms in total. The molecule has 4 rings (SSSR count). The number of nitrogens with zero attached hydrogens (tertiary/aromatic N) is 5. The molecule has 0 radical (unpaired) electrons. The molecule has 3 aromatic heterocycles. The van der Waals surface area contributed by atoms with Crippen molar-refractivity contribution in [2.24, 2.45) is 0 Å². The van der Waals surface area contributed by atoms with Crippen LogP contribution in [-0.4, -0.2) is 19.6 Å². The second-order valence-corrected chi connectivity index (χ2v) is 5.62. The molecule has 120 valence electrons. The van der Waals surface area contributed by atoms with Crippen molar-refractivity contribution >= 4 is 17.3 Å². The number of nitrogens with one attached hydrogen (secondary N) is 1. The fraction of sp³-hybridized carbons (Fsp3) is 0.0526. The van der Waals surface area contributed by atoms with Gasteiger partial charge in [0.2, 0.25) is 5.95 Å². The second-order valence-electron chi connectivity index (χ2n) is 5.62. The van der Waals surface area contributed by atoms with E-state index in [0.717, 1.165) is 28.3 Å². The van der Waals surface area contributed by atoms with Gasteiger partial charge < -0.3 is 5.32 Å². The van der Waals surface area contributed by atoms with Gasteiger partial charge in [-0.05, 0) is 43.3 Å². The van der Waals surface area contributed by atoms with E-state index in [9.17, 15) is 0 Å². The first-order valence-electron chi connectivity index (χ1n) is 7.79. The lowest BCUT2D eigenvalue weighted by molar-refractivity contribution is 0.973. The number of aromatic nitrogens is 4. The number of pyridine rings is 2. The predicted octanol–water partition coefficient (Wildman–Crippen LogP) is 3.72. The number of rotatable bonds is 3. The van der Waals surface area contributed by atoms with Crippen LogP contribution in [0.25, 0.3) is 16.9 Å². The number of nitriles is 1. The maximum Gasteiger partial charge on any atom is 0.247 e. The minimum absolute atomic E-state index is 0.520. The zero-order valence-corrected chi connectivity index (χ0v) is 13.5. The summed E-state index contributed by atoms with van der Waals surface area (Å²) >= 11 is 0. The minimum atomic E-state index is 0.520. The largest absolute Gasteiger partial charge is 0.323 e. The van der Waals surface area contributed by atoms with Crippen LogP contribution in [0.5, 0.6) is 0 Å². The number of hydrogen-bond donors (Lipinski definition) is 1. The first-order chi connectivity index (χ1) is 12.2. The van der Waals surface area contributed by atoms with Gasteiger partial charge in [0.15, 0.2) is 5.65 Å². The molecule has 3 heterocycles. The van der Waals surface area contributed by atoms with E-state index in [1.54, 1.807) is 22.8 Å². The van der Waals surface area contributed by atoms with Crippen LogP contribution in [0.1, 0.15) is 11.3 Å². The van der Waals surface area contributed by atoms with Gasteiger partial charge in [0.05, 0.1) is 17.3 Å². The van der Waals surface area contributed by atoms with E-state index in [1.807, 2.05) is 49.4 Å². The highest BCUT2D eigenvalue weighted by Gasteiger charge is 2.09. The maximum absolute atomic E-state index is 8.94. The van der Waals surface area contributed by atoms with E-state index in [1.165, 1.54) is 0 Å². The molecule has 0 aliphatic rings. The van der Waals surface area contributed by atoms with Gasteiger partial charge in [-0.1, -0.05) is 18.2 Å². The van der Waals surface area contributed by atoms with Gasteiger partial charge in [-0.3, -0.25) is 4.98 Å². The molecular formula is C19H14N6. The van der Waals surface area contributed by atoms with Crippen LogP contribution in [0.4, 0.5) is 11.6 Å². The number of hydrogen-bond acceptors (Lipinski definition) is 5. The Morgan fingerprint density at radius 2 is 1.92 bits per heavy atom. The van der Waals surface area contributed by atoms with Crippen molar-refractivity contribution < 1.29 is 0 Å². The smallest absolute Gasteiger partial charge is 0.247 e. The van der Waals surface area contributed by atoms with Crippen molar-refractivity contribution in [2.45, 2.75) is 6.92 Å². The Hall–Kier alpha value is -3.72. The Morgan fingerprint density at radius 3 is 2.68 bits per heavy atom. The third-order valence-corrected chi connectivity index (χ3v) is 3.82. The van der Waals surface area contributed by atoms with Gasteiger partial charge in [-0.15, -0.1) is 5.10 Å². The lowest BCUT2D eigenvalue weighted by Crippen LogP contribution is -1.96. The van der Waals surface area contributed by atoms with E-state index in [0.29, 0.717) is 11.5 Å². The summed E-state index contributed by atoms with van der Waals surface area (Å²) in [5, 5.41) is 16.7. The van der Waals surface area contributed by atoms with Crippen molar-refractivity contribution in [1.29, 1.82) is 5.26 Å². The Labute approximate surface area is 144 Å². The van der Waals surface area contributed by atoms with E-state index < -0.39 is 0 Å². The Morgan fingerprint density at radius 1 is 1.08 bits per heavy atom. The number of benzene rings is 1. The normalized spacial score (nSPS) is 10.6. The molecule has 0 saturated heterocycles. The van der Waals surface area contributed by atoms with Crippen LogP contribution >= 0.6 is 0 Å². The molecule has 0 atom stereocenters. The quantitative estimate of drug-likeness (QED) is 0.621. The summed E-state index contributed by atoms with van der Waals surface area (Å²) in [5.41, 5.74) is 5.07. The van der Waals surface area contributed by atoms with Crippen molar-refractivity contribution in [2.75, 3.05) is 5.32 Å². The Balaban J connectivity index is 1.74. The maximum atomic E-state index is 8.94. The summed E-state index contributed by atoms with van der Waals surface area (Å²) in [6.07, 6.45) is 1.75. The molecular weight excluding hydrogens is 312 g/mol. The summed E-state index contributed by atoms with van der Waals surface area (Å²) in [6, 6.07) is 19.2. The third-order valence-electron chi connectivity index (χ3n) is 3.82. The number of fused-ring (bicyclic) bond motifs is 1. The summed E-state index contributed by atoms with van der Waals surface area (Å²) in [6.45, 7) is 1.94. The van der Waals surface area contributed by atoms with Crippen LogP contribution in [0.2, 0.25) is 0 Å². The SMILES string of the molecule is Cc1cc(Nc2nc3cccc(-c4ccc(C#N)cc4)n3n2)ccn1. The van der Waals surface area contributed by atoms with Gasteiger partial charge in [0.25, 0.3) is 0 Å². The first kappa shape index (κ1) is 14.8. The molecule has 1 N–H and O–H groups in total. The summed E-state index contributed by atoms with van der Waals surface area (Å²) in [7, 11) is 0. The van der Waals surface area contributed by atoms with Crippen LogP contribution in [0, 0.1) is 18.3 Å². The number of aryl methyl sites for hydroxylation is 1. The first-order valence-corrected chi connectivity index (χ1v) is 7.79. The molecule has 4 aromatic rings. The molecule has 1 aromatic carbocycles. The molecule has 0 bridgehead atoms. The van der Waals surface area contributed by atoms with Gasteiger partial charge in [0, 0.05) is 23.1 Å². The van der Waals surface area contributed by atoms with Crippen LogP contribution < -0.4 is 5.32 Å². The summed E-state index contributed by atoms with van der Waals surface area (Å²) in [4.78, 5) is 8.71. The zero-order chi connectivity index (χ0) is 17.2. The molecule has 0 fully saturated rings. The molecule has 6 heteroatoms. The van der Waals surface area contributed by atoms with E-state index >= 15 is 0 Å². The van der Waals surface area contributed by atoms with Crippen LogP contribution in [0.15, 0.2) is 60.8 Å². The van der Waals surface area contributed by atoms with Gasteiger partial charge in [0.1, 0.15) is 0 Å².